The molecule has 0 atom stereocenters. The molecule has 0 aliphatic rings. The largest absolute Gasteiger partial charge is 0.496 e. The molecule has 0 spiro atoms. The fourth-order valence-electron chi connectivity index (χ4n) is 5.29. The van der Waals surface area contributed by atoms with Crippen LogP contribution in [0.4, 0.5) is 8.78 Å². The van der Waals surface area contributed by atoms with E-state index in [9.17, 15) is 18.4 Å². The maximum atomic E-state index is 13.4. The van der Waals surface area contributed by atoms with E-state index in [1.807, 2.05) is 36.4 Å². The van der Waals surface area contributed by atoms with Crippen molar-refractivity contribution in [3.63, 3.8) is 0 Å². The summed E-state index contributed by atoms with van der Waals surface area (Å²) in [5.74, 6) is -0.0176. The second-order valence-electron chi connectivity index (χ2n) is 9.83. The number of methoxy groups -OCH3 is 2. The summed E-state index contributed by atoms with van der Waals surface area (Å²) in [7, 11) is 3.18. The minimum Gasteiger partial charge on any atom is -0.496 e. The molecule has 0 unspecified atom stereocenters. The molecule has 4 nitrogen and oxygen atoms in total. The molecule has 0 heterocycles. The Hall–Kier alpha value is -5.36. The highest BCUT2D eigenvalue weighted by Crippen LogP contribution is 2.45. The van der Waals surface area contributed by atoms with E-state index in [2.05, 4.69) is 0 Å². The number of carbonyl (C=O) groups excluding carboxylic acids is 2. The molecule has 0 aromatic heterocycles. The number of ether oxygens (including phenoxy) is 2. The number of rotatable bonds is 7. The van der Waals surface area contributed by atoms with Gasteiger partial charge in [-0.1, -0.05) is 36.4 Å². The van der Waals surface area contributed by atoms with Crippen LogP contribution < -0.4 is 9.47 Å². The predicted octanol–water partition coefficient (Wildman–Crippen LogP) is 8.42. The van der Waals surface area contributed by atoms with Gasteiger partial charge in [-0.15, -0.1) is 0 Å². The third-order valence-corrected chi connectivity index (χ3v) is 7.39. The van der Waals surface area contributed by atoms with E-state index in [4.69, 9.17) is 9.47 Å². The van der Waals surface area contributed by atoms with Crippen molar-refractivity contribution in [3.05, 3.63) is 143 Å². The van der Waals surface area contributed by atoms with Crippen LogP contribution in [-0.2, 0) is 0 Å². The van der Waals surface area contributed by atoms with E-state index in [1.165, 1.54) is 48.5 Å². The van der Waals surface area contributed by atoms with Crippen LogP contribution in [0.25, 0.3) is 32.7 Å². The van der Waals surface area contributed by atoms with E-state index in [-0.39, 0.29) is 11.6 Å². The van der Waals surface area contributed by atoms with Gasteiger partial charge in [0.15, 0.2) is 11.6 Å². The summed E-state index contributed by atoms with van der Waals surface area (Å²) in [6.45, 7) is 0. The lowest BCUT2D eigenvalue weighted by molar-refractivity contribution is 0.103. The highest BCUT2D eigenvalue weighted by atomic mass is 19.1. The number of carbonyl (C=O) groups is 2. The number of hydrogen-bond acceptors (Lipinski definition) is 4. The average molecular weight is 559 g/mol. The minimum absolute atomic E-state index is 0.213. The van der Waals surface area contributed by atoms with Crippen molar-refractivity contribution in [2.24, 2.45) is 0 Å². The molecular formula is C36H24F2O4. The summed E-state index contributed by atoms with van der Waals surface area (Å²) < 4.78 is 38.4. The molecule has 6 rings (SSSR count). The van der Waals surface area contributed by atoms with E-state index < -0.39 is 11.6 Å². The first kappa shape index (κ1) is 26.8. The third kappa shape index (κ3) is 4.77. The monoisotopic (exact) mass is 558 g/mol. The third-order valence-electron chi connectivity index (χ3n) is 7.39. The molecule has 0 fully saturated rings. The van der Waals surface area contributed by atoms with Gasteiger partial charge in [0.1, 0.15) is 23.1 Å². The van der Waals surface area contributed by atoms with Gasteiger partial charge in [-0.05, 0) is 94.3 Å². The summed E-state index contributed by atoms with van der Waals surface area (Å²) in [5.41, 5.74) is 3.28. The summed E-state index contributed by atoms with van der Waals surface area (Å²) >= 11 is 0. The first-order chi connectivity index (χ1) is 20.4. The number of benzene rings is 6. The van der Waals surface area contributed by atoms with E-state index in [1.54, 1.807) is 38.5 Å². The fourth-order valence-corrected chi connectivity index (χ4v) is 5.29. The lowest BCUT2D eigenvalue weighted by Crippen LogP contribution is -2.02. The Labute approximate surface area is 240 Å². The summed E-state index contributed by atoms with van der Waals surface area (Å²) in [6, 6.07) is 29.2. The van der Waals surface area contributed by atoms with E-state index in [0.29, 0.717) is 33.8 Å². The Morgan fingerprint density at radius 2 is 0.833 bits per heavy atom. The highest BCUT2D eigenvalue weighted by molar-refractivity contribution is 6.15. The highest BCUT2D eigenvalue weighted by Gasteiger charge is 2.20. The summed E-state index contributed by atoms with van der Waals surface area (Å²) in [5, 5.41) is 3.28. The Morgan fingerprint density at radius 1 is 0.476 bits per heavy atom. The van der Waals surface area contributed by atoms with Gasteiger partial charge in [-0.2, -0.15) is 0 Å². The summed E-state index contributed by atoms with van der Waals surface area (Å²) in [6.07, 6.45) is 0. The van der Waals surface area contributed by atoms with Gasteiger partial charge in [0, 0.05) is 33.4 Å². The number of fused-ring (bicyclic) bond motifs is 2. The zero-order valence-electron chi connectivity index (χ0n) is 22.8. The van der Waals surface area contributed by atoms with Crippen LogP contribution in [0.5, 0.6) is 11.5 Å². The molecule has 42 heavy (non-hydrogen) atoms. The molecule has 6 aromatic rings. The molecule has 0 saturated carbocycles. The number of halogens is 2. The van der Waals surface area contributed by atoms with Crippen LogP contribution in [-0.4, -0.2) is 25.8 Å². The Bertz CT molecular complexity index is 1850. The van der Waals surface area contributed by atoms with Gasteiger partial charge in [0.05, 0.1) is 14.2 Å². The fraction of sp³-hybridized carbons (Fsp3) is 0.0556. The van der Waals surface area contributed by atoms with Crippen LogP contribution in [0, 0.1) is 11.6 Å². The average Bonchev–Trinajstić information content (AvgIpc) is 3.03. The number of hydrogen-bond donors (Lipinski definition) is 0. The smallest absolute Gasteiger partial charge is 0.193 e. The van der Waals surface area contributed by atoms with Gasteiger partial charge >= 0.3 is 0 Å². The molecule has 0 aliphatic heterocycles. The summed E-state index contributed by atoms with van der Waals surface area (Å²) in [4.78, 5) is 26.3. The van der Waals surface area contributed by atoms with Crippen molar-refractivity contribution in [1.29, 1.82) is 0 Å². The van der Waals surface area contributed by atoms with Crippen molar-refractivity contribution >= 4 is 33.1 Å². The molecule has 6 heteroatoms. The van der Waals surface area contributed by atoms with E-state index >= 15 is 0 Å². The second-order valence-corrected chi connectivity index (χ2v) is 9.83. The van der Waals surface area contributed by atoms with Gasteiger partial charge in [-0.3, -0.25) is 9.59 Å². The second kappa shape index (κ2) is 10.9. The van der Waals surface area contributed by atoms with Crippen molar-refractivity contribution in [2.75, 3.05) is 14.2 Å². The topological polar surface area (TPSA) is 52.6 Å². The van der Waals surface area contributed by atoms with Crippen molar-refractivity contribution in [1.82, 2.24) is 0 Å². The SMILES string of the molecule is COc1ccc2cc(C(=O)c3ccc(F)cc3)ccc2c1-c1c(OC)ccc2cc(C(=O)c3ccc(F)cc3)ccc12. The van der Waals surface area contributed by atoms with Crippen molar-refractivity contribution < 1.29 is 27.8 Å². The van der Waals surface area contributed by atoms with Gasteiger partial charge in [0.25, 0.3) is 0 Å². The lowest BCUT2D eigenvalue weighted by Gasteiger charge is -2.18. The zero-order chi connectivity index (χ0) is 29.4. The first-order valence-corrected chi connectivity index (χ1v) is 13.2. The standard InChI is InChI=1S/C36H24F2O4/c1-41-31-17-9-23-19-25(35(39)21-3-11-27(37)12-4-21)7-15-29(23)33(31)34-30-16-8-26(20-24(30)10-18-32(34)42-2)36(40)22-5-13-28(38)14-6-22/h3-20H,1-2H3. The predicted molar refractivity (Wildman–Crippen MR) is 160 cm³/mol. The Balaban J connectivity index is 1.51. The molecule has 206 valence electrons. The van der Waals surface area contributed by atoms with Gasteiger partial charge in [0.2, 0.25) is 0 Å². The Morgan fingerprint density at radius 3 is 1.19 bits per heavy atom. The maximum absolute atomic E-state index is 13.4. The molecule has 6 aromatic carbocycles. The molecule has 0 radical (unpaired) electrons. The van der Waals surface area contributed by atoms with Crippen LogP contribution in [0.15, 0.2) is 109 Å². The maximum Gasteiger partial charge on any atom is 0.193 e. The first-order valence-electron chi connectivity index (χ1n) is 13.2. The Kier molecular flexibility index (Phi) is 6.97. The lowest BCUT2D eigenvalue weighted by atomic mass is 9.90. The van der Waals surface area contributed by atoms with E-state index in [0.717, 1.165) is 32.7 Å². The molecule has 0 bridgehead atoms. The normalized spacial score (nSPS) is 11.0. The number of ketones is 2. The zero-order valence-corrected chi connectivity index (χ0v) is 22.8. The van der Waals surface area contributed by atoms with Crippen LogP contribution in [0.2, 0.25) is 0 Å². The van der Waals surface area contributed by atoms with Crippen molar-refractivity contribution in [3.8, 4) is 22.6 Å². The molecule has 0 N–H and O–H groups in total. The molecule has 0 amide bonds. The minimum atomic E-state index is -0.405. The quantitative estimate of drug-likeness (QED) is 0.185. The molecular weight excluding hydrogens is 534 g/mol. The molecule has 0 aliphatic carbocycles. The van der Waals surface area contributed by atoms with Gasteiger partial charge in [-0.25, -0.2) is 8.78 Å². The van der Waals surface area contributed by atoms with Gasteiger partial charge < -0.3 is 9.47 Å². The van der Waals surface area contributed by atoms with Crippen molar-refractivity contribution in [2.45, 2.75) is 0 Å². The molecule has 0 saturated heterocycles. The van der Waals surface area contributed by atoms with Crippen LogP contribution in [0.3, 0.4) is 0 Å². The van der Waals surface area contributed by atoms with Crippen LogP contribution >= 0.6 is 0 Å². The van der Waals surface area contributed by atoms with Crippen LogP contribution in [0.1, 0.15) is 31.8 Å².